The van der Waals surface area contributed by atoms with Crippen LogP contribution in [0.3, 0.4) is 0 Å². The first-order valence-electron chi connectivity index (χ1n) is 8.87. The Balaban J connectivity index is 1.52. The molecule has 1 aliphatic heterocycles. The van der Waals surface area contributed by atoms with E-state index in [0.717, 1.165) is 41.0 Å². The second-order valence-corrected chi connectivity index (χ2v) is 8.98. The third kappa shape index (κ3) is 3.19. The van der Waals surface area contributed by atoms with Gasteiger partial charge in [-0.1, -0.05) is 12.1 Å². The number of sulfonamides is 1. The van der Waals surface area contributed by atoms with Gasteiger partial charge in [-0.15, -0.1) is 0 Å². The first-order chi connectivity index (χ1) is 12.4. The molecule has 2 aliphatic rings. The smallest absolute Gasteiger partial charge is 0.240 e. The molecule has 2 aromatic carbocycles. The Kier molecular flexibility index (Phi) is 4.20. The Morgan fingerprint density at radius 1 is 0.962 bits per heavy atom. The summed E-state index contributed by atoms with van der Waals surface area (Å²) in [7, 11) is -3.52. The molecule has 0 unspecified atom stereocenters. The number of hydrogen-bond acceptors (Lipinski definition) is 4. The van der Waals surface area contributed by atoms with E-state index in [1.165, 1.54) is 0 Å². The SMILES string of the molecule is Cc1ccc(S(=O)(=O)NCC2(c3ccc4c(c3)OCCO4)CC2)cc1C. The van der Waals surface area contributed by atoms with Crippen LogP contribution in [0.4, 0.5) is 0 Å². The fourth-order valence-electron chi connectivity index (χ4n) is 3.29. The van der Waals surface area contributed by atoms with Gasteiger partial charge in [0.05, 0.1) is 4.90 Å². The van der Waals surface area contributed by atoms with Crippen molar-refractivity contribution < 1.29 is 17.9 Å². The summed E-state index contributed by atoms with van der Waals surface area (Å²) in [6, 6.07) is 11.2. The van der Waals surface area contributed by atoms with Crippen molar-refractivity contribution in [3.63, 3.8) is 0 Å². The molecule has 1 saturated carbocycles. The van der Waals surface area contributed by atoms with Gasteiger partial charge in [-0.05, 0) is 67.6 Å². The van der Waals surface area contributed by atoms with Crippen molar-refractivity contribution >= 4 is 10.0 Å². The van der Waals surface area contributed by atoms with Crippen molar-refractivity contribution in [3.8, 4) is 11.5 Å². The lowest BCUT2D eigenvalue weighted by Gasteiger charge is -2.22. The second-order valence-electron chi connectivity index (χ2n) is 7.21. The lowest BCUT2D eigenvalue weighted by molar-refractivity contribution is 0.171. The van der Waals surface area contributed by atoms with Crippen molar-refractivity contribution in [2.75, 3.05) is 19.8 Å². The summed E-state index contributed by atoms with van der Waals surface area (Å²) in [6.45, 7) is 5.39. The van der Waals surface area contributed by atoms with Crippen LogP contribution in [0.2, 0.25) is 0 Å². The number of hydrogen-bond donors (Lipinski definition) is 1. The van der Waals surface area contributed by atoms with Gasteiger partial charge in [-0.2, -0.15) is 0 Å². The van der Waals surface area contributed by atoms with Gasteiger partial charge in [-0.25, -0.2) is 13.1 Å². The molecule has 138 valence electrons. The van der Waals surface area contributed by atoms with Crippen LogP contribution in [0.25, 0.3) is 0 Å². The summed E-state index contributed by atoms with van der Waals surface area (Å²) < 4.78 is 39.4. The highest BCUT2D eigenvalue weighted by Crippen LogP contribution is 2.49. The van der Waals surface area contributed by atoms with E-state index in [1.54, 1.807) is 12.1 Å². The molecule has 4 rings (SSSR count). The third-order valence-corrected chi connectivity index (χ3v) is 6.80. The molecule has 1 N–H and O–H groups in total. The molecular weight excluding hydrogens is 350 g/mol. The molecule has 6 heteroatoms. The lowest BCUT2D eigenvalue weighted by atomic mass is 9.96. The van der Waals surface area contributed by atoms with Crippen molar-refractivity contribution in [1.29, 1.82) is 0 Å². The fraction of sp³-hybridized carbons (Fsp3) is 0.400. The maximum absolute atomic E-state index is 12.7. The molecule has 0 saturated heterocycles. The first-order valence-corrected chi connectivity index (χ1v) is 10.4. The maximum atomic E-state index is 12.7. The minimum Gasteiger partial charge on any atom is -0.486 e. The average molecular weight is 373 g/mol. The van der Waals surface area contributed by atoms with Crippen molar-refractivity contribution in [1.82, 2.24) is 4.72 Å². The second kappa shape index (κ2) is 6.28. The zero-order chi connectivity index (χ0) is 18.4. The van der Waals surface area contributed by atoms with Gasteiger partial charge in [-0.3, -0.25) is 0 Å². The van der Waals surface area contributed by atoms with Gasteiger partial charge < -0.3 is 9.47 Å². The van der Waals surface area contributed by atoms with Crippen LogP contribution in [0.5, 0.6) is 11.5 Å². The number of rotatable bonds is 5. The Morgan fingerprint density at radius 3 is 2.38 bits per heavy atom. The Morgan fingerprint density at radius 2 is 1.69 bits per heavy atom. The molecule has 1 fully saturated rings. The minimum atomic E-state index is -3.52. The highest BCUT2D eigenvalue weighted by molar-refractivity contribution is 7.89. The van der Waals surface area contributed by atoms with E-state index in [0.29, 0.717) is 24.7 Å². The first kappa shape index (κ1) is 17.4. The largest absolute Gasteiger partial charge is 0.486 e. The molecule has 2 aromatic rings. The Hall–Kier alpha value is -2.05. The van der Waals surface area contributed by atoms with E-state index >= 15 is 0 Å². The summed E-state index contributed by atoms with van der Waals surface area (Å²) in [5.41, 5.74) is 3.01. The van der Waals surface area contributed by atoms with Gasteiger partial charge in [0.25, 0.3) is 0 Å². The third-order valence-electron chi connectivity index (χ3n) is 5.40. The van der Waals surface area contributed by atoms with E-state index in [9.17, 15) is 8.42 Å². The maximum Gasteiger partial charge on any atom is 0.240 e. The predicted octanol–water partition coefficient (Wildman–Crippen LogP) is 3.08. The van der Waals surface area contributed by atoms with E-state index in [2.05, 4.69) is 4.72 Å². The van der Waals surface area contributed by atoms with E-state index in [1.807, 2.05) is 38.1 Å². The van der Waals surface area contributed by atoms with Gasteiger partial charge in [0.15, 0.2) is 11.5 Å². The molecule has 1 heterocycles. The number of nitrogens with one attached hydrogen (secondary N) is 1. The Bertz CT molecular complexity index is 948. The van der Waals surface area contributed by atoms with Crippen molar-refractivity contribution in [2.24, 2.45) is 0 Å². The Labute approximate surface area is 154 Å². The van der Waals surface area contributed by atoms with Crippen LogP contribution >= 0.6 is 0 Å². The molecular formula is C20H23NO4S. The monoisotopic (exact) mass is 373 g/mol. The highest BCUT2D eigenvalue weighted by Gasteiger charge is 2.45. The van der Waals surface area contributed by atoms with Gasteiger partial charge in [0.1, 0.15) is 13.2 Å². The summed E-state index contributed by atoms with van der Waals surface area (Å²) in [6.07, 6.45) is 1.92. The van der Waals surface area contributed by atoms with E-state index in [4.69, 9.17) is 9.47 Å². The van der Waals surface area contributed by atoms with Gasteiger partial charge in [0, 0.05) is 12.0 Å². The van der Waals surface area contributed by atoms with E-state index in [-0.39, 0.29) is 5.41 Å². The number of aryl methyl sites for hydroxylation is 2. The van der Waals surface area contributed by atoms with Crippen LogP contribution in [-0.4, -0.2) is 28.2 Å². The quantitative estimate of drug-likeness (QED) is 0.875. The number of benzene rings is 2. The van der Waals surface area contributed by atoms with E-state index < -0.39 is 10.0 Å². The lowest BCUT2D eigenvalue weighted by Crippen LogP contribution is -2.32. The summed E-state index contributed by atoms with van der Waals surface area (Å²) in [5.74, 6) is 1.50. The molecule has 5 nitrogen and oxygen atoms in total. The zero-order valence-electron chi connectivity index (χ0n) is 15.0. The van der Waals surface area contributed by atoms with Crippen LogP contribution in [0.15, 0.2) is 41.3 Å². The molecule has 0 radical (unpaired) electrons. The molecule has 26 heavy (non-hydrogen) atoms. The number of ether oxygens (including phenoxy) is 2. The average Bonchev–Trinajstić information content (AvgIpc) is 3.43. The van der Waals surface area contributed by atoms with Crippen molar-refractivity contribution in [2.45, 2.75) is 37.0 Å². The molecule has 0 aromatic heterocycles. The zero-order valence-corrected chi connectivity index (χ0v) is 15.9. The highest BCUT2D eigenvalue weighted by atomic mass is 32.2. The summed E-state index contributed by atoms with van der Waals surface area (Å²) >= 11 is 0. The normalized spacial score (nSPS) is 17.8. The molecule has 0 spiro atoms. The van der Waals surface area contributed by atoms with Crippen LogP contribution in [-0.2, 0) is 15.4 Å². The molecule has 1 aliphatic carbocycles. The summed E-state index contributed by atoms with van der Waals surface area (Å²) in [5, 5.41) is 0. The molecule has 0 atom stereocenters. The molecule has 0 bridgehead atoms. The molecule has 0 amide bonds. The minimum absolute atomic E-state index is 0.150. The fourth-order valence-corrected chi connectivity index (χ4v) is 4.50. The van der Waals surface area contributed by atoms with Crippen LogP contribution in [0.1, 0.15) is 29.5 Å². The number of fused-ring (bicyclic) bond motifs is 1. The van der Waals surface area contributed by atoms with Gasteiger partial charge >= 0.3 is 0 Å². The van der Waals surface area contributed by atoms with Gasteiger partial charge in [0.2, 0.25) is 10.0 Å². The van der Waals surface area contributed by atoms with Crippen LogP contribution < -0.4 is 14.2 Å². The predicted molar refractivity (Wildman–Crippen MR) is 99.4 cm³/mol. The summed E-state index contributed by atoms with van der Waals surface area (Å²) in [4.78, 5) is 0.318. The van der Waals surface area contributed by atoms with Crippen LogP contribution in [0, 0.1) is 13.8 Å². The van der Waals surface area contributed by atoms with Crippen molar-refractivity contribution in [3.05, 3.63) is 53.1 Å². The topological polar surface area (TPSA) is 64.6 Å². The standard InChI is InChI=1S/C20H23NO4S/c1-14-3-5-17(11-15(14)2)26(22,23)21-13-20(7-8-20)16-4-6-18-19(12-16)25-10-9-24-18/h3-6,11-12,21H,7-10,13H2,1-2H3.